The Hall–Kier alpha value is -2.37. The van der Waals surface area contributed by atoms with E-state index >= 15 is 0 Å². The van der Waals surface area contributed by atoms with Gasteiger partial charge in [-0.1, -0.05) is 11.3 Å². The molecule has 134 valence electrons. The summed E-state index contributed by atoms with van der Waals surface area (Å²) in [7, 11) is 0. The highest BCUT2D eigenvalue weighted by atomic mass is 32.1. The van der Waals surface area contributed by atoms with Crippen molar-refractivity contribution in [2.75, 3.05) is 18.4 Å². The second kappa shape index (κ2) is 7.09. The Labute approximate surface area is 156 Å². The van der Waals surface area contributed by atoms with Gasteiger partial charge in [-0.3, -0.25) is 14.7 Å². The van der Waals surface area contributed by atoms with Crippen molar-refractivity contribution in [1.29, 1.82) is 5.26 Å². The van der Waals surface area contributed by atoms with Gasteiger partial charge in [-0.25, -0.2) is 0 Å². The molecule has 3 heterocycles. The highest BCUT2D eigenvalue weighted by molar-refractivity contribution is 7.15. The Morgan fingerprint density at radius 1 is 1.46 bits per heavy atom. The van der Waals surface area contributed by atoms with Gasteiger partial charge in [0.15, 0.2) is 0 Å². The van der Waals surface area contributed by atoms with Crippen LogP contribution >= 0.6 is 11.3 Å². The summed E-state index contributed by atoms with van der Waals surface area (Å²) in [6, 6.07) is 2.27. The number of nitrogens with zero attached hydrogens (tertiary/aromatic N) is 5. The van der Waals surface area contributed by atoms with E-state index < -0.39 is 0 Å². The average Bonchev–Trinajstić information content (AvgIpc) is 3.39. The van der Waals surface area contributed by atoms with Gasteiger partial charge >= 0.3 is 0 Å². The molecule has 2 aromatic rings. The maximum atomic E-state index is 12.2. The van der Waals surface area contributed by atoms with Gasteiger partial charge in [0.2, 0.25) is 11.0 Å². The molecule has 2 aromatic heterocycles. The van der Waals surface area contributed by atoms with Crippen LogP contribution in [0.2, 0.25) is 0 Å². The first kappa shape index (κ1) is 17.1. The summed E-state index contributed by atoms with van der Waals surface area (Å²) < 4.78 is 0. The average molecular weight is 368 g/mol. The van der Waals surface area contributed by atoms with E-state index in [4.69, 9.17) is 0 Å². The van der Waals surface area contributed by atoms with Gasteiger partial charge in [-0.15, -0.1) is 10.2 Å². The molecule has 1 amide bonds. The number of hydrogen-bond donors (Lipinski definition) is 1. The third-order valence-electron chi connectivity index (χ3n) is 4.92. The highest BCUT2D eigenvalue weighted by Crippen LogP contribution is 2.42. The van der Waals surface area contributed by atoms with Gasteiger partial charge in [0.1, 0.15) is 11.1 Å². The summed E-state index contributed by atoms with van der Waals surface area (Å²) in [5.74, 6) is 0.524. The number of carbonyl (C=O) groups excluding carboxylic acids is 1. The third kappa shape index (κ3) is 3.59. The normalized spacial score (nSPS) is 16.8. The monoisotopic (exact) mass is 368 g/mol. The Bertz CT molecular complexity index is 882. The molecule has 0 radical (unpaired) electrons. The van der Waals surface area contributed by atoms with Gasteiger partial charge in [0, 0.05) is 38.2 Å². The molecule has 26 heavy (non-hydrogen) atoms. The minimum absolute atomic E-state index is 0.0333. The van der Waals surface area contributed by atoms with Crippen molar-refractivity contribution >= 4 is 22.4 Å². The zero-order valence-corrected chi connectivity index (χ0v) is 15.5. The molecule has 0 aromatic carbocycles. The number of nitrogens with one attached hydrogen (secondary N) is 1. The number of anilines is 1. The SMILES string of the molecule is Cc1ncc2c(c1C#N)CCN(CCC(=O)Nc1nnc(C3CC3)s1)C2. The first-order valence-corrected chi connectivity index (χ1v) is 9.68. The molecule has 1 aliphatic heterocycles. The molecule has 1 fully saturated rings. The molecule has 0 saturated heterocycles. The maximum absolute atomic E-state index is 12.2. The van der Waals surface area contributed by atoms with E-state index in [2.05, 4.69) is 31.5 Å². The van der Waals surface area contributed by atoms with Crippen LogP contribution in [-0.2, 0) is 17.8 Å². The second-order valence-electron chi connectivity index (χ2n) is 6.88. The fourth-order valence-corrected chi connectivity index (χ4v) is 4.20. The van der Waals surface area contributed by atoms with Crippen LogP contribution in [0.3, 0.4) is 0 Å². The summed E-state index contributed by atoms with van der Waals surface area (Å²) in [5, 5.41) is 22.0. The van der Waals surface area contributed by atoms with E-state index in [1.165, 1.54) is 24.2 Å². The Morgan fingerprint density at radius 3 is 3.08 bits per heavy atom. The van der Waals surface area contributed by atoms with Crippen LogP contribution in [0.1, 0.15) is 52.6 Å². The van der Waals surface area contributed by atoms with Crippen LogP contribution < -0.4 is 5.32 Å². The van der Waals surface area contributed by atoms with Crippen molar-refractivity contribution in [2.24, 2.45) is 0 Å². The van der Waals surface area contributed by atoms with Crippen LogP contribution in [0.25, 0.3) is 0 Å². The Morgan fingerprint density at radius 2 is 2.31 bits per heavy atom. The number of nitriles is 1. The number of amides is 1. The van der Waals surface area contributed by atoms with Crippen LogP contribution in [0.15, 0.2) is 6.20 Å². The molecule has 7 nitrogen and oxygen atoms in total. The summed E-state index contributed by atoms with van der Waals surface area (Å²) in [6.07, 6.45) is 5.46. The number of pyridine rings is 1. The van der Waals surface area contributed by atoms with Crippen molar-refractivity contribution in [2.45, 2.75) is 45.1 Å². The Kier molecular flexibility index (Phi) is 4.66. The lowest BCUT2D eigenvalue weighted by atomic mass is 9.95. The zero-order valence-electron chi connectivity index (χ0n) is 14.7. The summed E-state index contributed by atoms with van der Waals surface area (Å²) >= 11 is 1.48. The minimum Gasteiger partial charge on any atom is -0.300 e. The van der Waals surface area contributed by atoms with Gasteiger partial charge in [-0.2, -0.15) is 5.26 Å². The largest absolute Gasteiger partial charge is 0.300 e. The molecule has 0 bridgehead atoms. The number of hydrogen-bond acceptors (Lipinski definition) is 7. The smallest absolute Gasteiger partial charge is 0.227 e. The second-order valence-corrected chi connectivity index (χ2v) is 7.89. The van der Waals surface area contributed by atoms with Crippen LogP contribution in [0.5, 0.6) is 0 Å². The molecule has 0 spiro atoms. The number of rotatable bonds is 5. The van der Waals surface area contributed by atoms with Gasteiger partial charge in [-0.05, 0) is 37.3 Å². The topological polar surface area (TPSA) is 94.8 Å². The lowest BCUT2D eigenvalue weighted by Crippen LogP contribution is -2.33. The quantitative estimate of drug-likeness (QED) is 0.871. The zero-order chi connectivity index (χ0) is 18.1. The molecule has 1 N–H and O–H groups in total. The van der Waals surface area contributed by atoms with Gasteiger partial charge < -0.3 is 5.32 Å². The van der Waals surface area contributed by atoms with Crippen molar-refractivity contribution in [3.8, 4) is 6.07 Å². The van der Waals surface area contributed by atoms with Crippen molar-refractivity contribution < 1.29 is 4.79 Å². The van der Waals surface area contributed by atoms with E-state index in [1.54, 1.807) is 0 Å². The van der Waals surface area contributed by atoms with Crippen molar-refractivity contribution in [3.63, 3.8) is 0 Å². The number of carbonyl (C=O) groups is 1. The van der Waals surface area contributed by atoms with E-state index in [-0.39, 0.29) is 5.91 Å². The standard InChI is InChI=1S/C18H20N6OS/c1-11-15(8-19)14-4-6-24(10-13(14)9-20-11)7-5-16(25)21-18-23-22-17(26-18)12-2-3-12/h9,12H,2-7,10H2,1H3,(H,21,23,25). The summed E-state index contributed by atoms with van der Waals surface area (Å²) in [6.45, 7) is 4.13. The van der Waals surface area contributed by atoms with Gasteiger partial charge in [0.25, 0.3) is 0 Å². The van der Waals surface area contributed by atoms with Crippen molar-refractivity contribution in [3.05, 3.63) is 33.6 Å². The molecule has 1 aliphatic carbocycles. The molecule has 1 saturated carbocycles. The van der Waals surface area contributed by atoms with E-state index in [9.17, 15) is 10.1 Å². The fourth-order valence-electron chi connectivity index (χ4n) is 3.27. The van der Waals surface area contributed by atoms with Crippen molar-refractivity contribution in [1.82, 2.24) is 20.1 Å². The molecule has 0 atom stereocenters. The summed E-state index contributed by atoms with van der Waals surface area (Å²) in [4.78, 5) is 18.7. The van der Waals surface area contributed by atoms with Gasteiger partial charge in [0.05, 0.1) is 11.3 Å². The van der Waals surface area contributed by atoms with E-state index in [1.807, 2.05) is 13.1 Å². The lowest BCUT2D eigenvalue weighted by molar-refractivity contribution is -0.116. The maximum Gasteiger partial charge on any atom is 0.227 e. The van der Waals surface area contributed by atoms with E-state index in [0.717, 1.165) is 41.3 Å². The molecule has 2 aliphatic rings. The highest BCUT2D eigenvalue weighted by Gasteiger charge is 2.28. The molecule has 4 rings (SSSR count). The number of aromatic nitrogens is 3. The first-order valence-electron chi connectivity index (χ1n) is 8.87. The molecule has 0 unspecified atom stereocenters. The number of fused-ring (bicyclic) bond motifs is 1. The summed E-state index contributed by atoms with van der Waals surface area (Å²) in [5.41, 5.74) is 3.71. The minimum atomic E-state index is -0.0333. The van der Waals surface area contributed by atoms with Crippen LogP contribution in [-0.4, -0.2) is 39.1 Å². The third-order valence-corrected chi connectivity index (χ3v) is 5.92. The molecular weight excluding hydrogens is 348 g/mol. The predicted molar refractivity (Wildman–Crippen MR) is 97.8 cm³/mol. The fraction of sp³-hybridized carbons (Fsp3) is 0.500. The molecule has 8 heteroatoms. The predicted octanol–water partition coefficient (Wildman–Crippen LogP) is 2.38. The first-order chi connectivity index (χ1) is 12.6. The Balaban J connectivity index is 1.31. The number of aryl methyl sites for hydroxylation is 1. The van der Waals surface area contributed by atoms with Crippen LogP contribution in [0.4, 0.5) is 5.13 Å². The van der Waals surface area contributed by atoms with Crippen LogP contribution in [0, 0.1) is 18.3 Å². The van der Waals surface area contributed by atoms with E-state index in [0.29, 0.717) is 29.6 Å². The lowest BCUT2D eigenvalue weighted by Gasteiger charge is -2.29. The molecular formula is C18H20N6OS.